The quantitative estimate of drug-likeness (QED) is 0.382. The van der Waals surface area contributed by atoms with E-state index >= 15 is 0 Å². The van der Waals surface area contributed by atoms with E-state index in [0.717, 1.165) is 0 Å². The maximum absolute atomic E-state index is 2.30. The van der Waals surface area contributed by atoms with Crippen LogP contribution in [0, 0.1) is 6.92 Å². The Morgan fingerprint density at radius 3 is 2.28 bits per heavy atom. The molecule has 0 heterocycles. The molecule has 0 aliphatic carbocycles. The van der Waals surface area contributed by atoms with Gasteiger partial charge in [-0.15, -0.1) is 34.5 Å². The predicted molar refractivity (Wildman–Crippen MR) is 97.6 cm³/mol. The van der Waals surface area contributed by atoms with Crippen LogP contribution >= 0.6 is 0 Å². The number of aryl methyl sites for hydroxylation is 2. The van der Waals surface area contributed by atoms with Crippen LogP contribution in [0.4, 0.5) is 0 Å². The largest absolute Gasteiger partial charge is 3.00 e. The molecule has 3 aromatic carbocycles. The normalized spacial score (nSPS) is 9.84. The molecule has 3 heteroatoms. The minimum absolute atomic E-state index is 0. The van der Waals surface area contributed by atoms with E-state index < -0.39 is 0 Å². The van der Waals surface area contributed by atoms with Crippen molar-refractivity contribution in [2.45, 2.75) is 46.0 Å². The van der Waals surface area contributed by atoms with Crippen LogP contribution in [-0.2, 0) is 32.6 Å². The molecule has 0 saturated heterocycles. The average Bonchev–Trinajstić information content (AvgIpc) is 2.92. The van der Waals surface area contributed by atoms with E-state index in [0.29, 0.717) is 0 Å². The molecule has 0 atom stereocenters. The van der Waals surface area contributed by atoms with Gasteiger partial charge in [0, 0.05) is 0 Å². The molecule has 131 valence electrons. The molecule has 1 radical (unpaired) electrons. The summed E-state index contributed by atoms with van der Waals surface area (Å²) in [4.78, 5) is 0. The molecule has 0 N–H and O–H groups in total. The Bertz CT molecular complexity index is 744. The summed E-state index contributed by atoms with van der Waals surface area (Å²) in [5, 5.41) is 2.72. The minimum atomic E-state index is 0. The first-order valence-corrected chi connectivity index (χ1v) is 8.53. The molecule has 0 amide bonds. The fourth-order valence-corrected chi connectivity index (χ4v) is 3.24. The number of benzene rings is 2. The van der Waals surface area contributed by atoms with E-state index in [1.165, 1.54) is 65.1 Å². The predicted octanol–water partition coefficient (Wildman–Crippen LogP) is 0.662. The van der Waals surface area contributed by atoms with Crippen molar-refractivity contribution in [2.75, 3.05) is 0 Å². The van der Waals surface area contributed by atoms with Gasteiger partial charge in [0.1, 0.15) is 0 Å². The van der Waals surface area contributed by atoms with E-state index in [1.54, 1.807) is 0 Å². The minimum Gasteiger partial charge on any atom is -1.00 e. The number of halogens is 2. The first-order valence-electron chi connectivity index (χ1n) is 8.53. The van der Waals surface area contributed by atoms with Gasteiger partial charge in [0.2, 0.25) is 0 Å². The Balaban J connectivity index is 0.00000192. The van der Waals surface area contributed by atoms with Crippen LogP contribution in [0.3, 0.4) is 0 Å². The van der Waals surface area contributed by atoms with Crippen molar-refractivity contribution in [3.63, 3.8) is 0 Å². The maximum Gasteiger partial charge on any atom is 3.00 e. The Hall–Kier alpha value is -0.487. The second kappa shape index (κ2) is 12.0. The van der Waals surface area contributed by atoms with Gasteiger partial charge >= 0.3 is 26.2 Å². The van der Waals surface area contributed by atoms with Crippen LogP contribution in [0.25, 0.3) is 21.9 Å². The van der Waals surface area contributed by atoms with Crippen molar-refractivity contribution in [3.05, 3.63) is 65.7 Å². The summed E-state index contributed by atoms with van der Waals surface area (Å²) >= 11 is 0. The van der Waals surface area contributed by atoms with Gasteiger partial charge < -0.3 is 24.8 Å². The van der Waals surface area contributed by atoms with Crippen LogP contribution in [0.2, 0.25) is 0 Å². The Labute approximate surface area is 183 Å². The van der Waals surface area contributed by atoms with Crippen molar-refractivity contribution in [3.8, 4) is 11.1 Å². The van der Waals surface area contributed by atoms with E-state index in [2.05, 4.69) is 68.4 Å². The number of fused-ring (bicyclic) bond motifs is 1. The average molecular weight is 452 g/mol. The van der Waals surface area contributed by atoms with E-state index in [-0.39, 0.29) is 51.0 Å². The Morgan fingerprint density at radius 1 is 0.880 bits per heavy atom. The van der Waals surface area contributed by atoms with E-state index in [4.69, 9.17) is 0 Å². The van der Waals surface area contributed by atoms with Gasteiger partial charge in [-0.25, -0.2) is 0 Å². The Kier molecular flexibility index (Phi) is 11.8. The van der Waals surface area contributed by atoms with Gasteiger partial charge in [-0.2, -0.15) is 6.07 Å². The monoisotopic (exact) mass is 449 g/mol. The summed E-state index contributed by atoms with van der Waals surface area (Å²) in [7, 11) is 0. The molecule has 0 bridgehead atoms. The van der Waals surface area contributed by atoms with Crippen molar-refractivity contribution < 1.29 is 51.0 Å². The molecule has 0 aliphatic rings. The van der Waals surface area contributed by atoms with Gasteiger partial charge in [0.15, 0.2) is 0 Å². The summed E-state index contributed by atoms with van der Waals surface area (Å²) in [6, 6.07) is 20.3. The second-order valence-electron chi connectivity index (χ2n) is 6.35. The molecule has 0 aliphatic heterocycles. The van der Waals surface area contributed by atoms with Gasteiger partial charge in [-0.05, 0) is 24.0 Å². The van der Waals surface area contributed by atoms with Crippen LogP contribution in [0.15, 0.2) is 54.6 Å². The maximum atomic E-state index is 2.30. The summed E-state index contributed by atoms with van der Waals surface area (Å²) < 4.78 is 0. The summed E-state index contributed by atoms with van der Waals surface area (Å²) in [5.41, 5.74) is 5.48. The van der Waals surface area contributed by atoms with Crippen molar-refractivity contribution in [2.24, 2.45) is 0 Å². The summed E-state index contributed by atoms with van der Waals surface area (Å²) in [6.45, 7) is 4.43. The van der Waals surface area contributed by atoms with Gasteiger partial charge in [0.05, 0.1) is 0 Å². The third-order valence-electron chi connectivity index (χ3n) is 4.48. The zero-order chi connectivity index (χ0) is 15.4. The Morgan fingerprint density at radius 2 is 1.60 bits per heavy atom. The molecule has 3 aromatic rings. The standard InChI is InChI=1S/C22H25.2ClH.Zr/c1-3-4-5-6-8-18-11-13-19(14-12-18)21-10-7-9-20-15-17(2)16-22(20)21;;;/h7,9-16H,3-6,8H2,1-2H3;2*1H;/q-1;;;+3/p-2. The van der Waals surface area contributed by atoms with Gasteiger partial charge in [0.25, 0.3) is 0 Å². The van der Waals surface area contributed by atoms with Crippen molar-refractivity contribution in [1.82, 2.24) is 0 Å². The fraction of sp³-hybridized carbons (Fsp3) is 0.318. The van der Waals surface area contributed by atoms with Crippen LogP contribution in [0.5, 0.6) is 0 Å². The van der Waals surface area contributed by atoms with Crippen LogP contribution in [0.1, 0.15) is 43.7 Å². The summed E-state index contributed by atoms with van der Waals surface area (Å²) in [6.07, 6.45) is 6.54. The molecule has 0 fully saturated rings. The molecular formula is C22H25Cl2Zr. The smallest absolute Gasteiger partial charge is 1.00 e. The van der Waals surface area contributed by atoms with E-state index in [9.17, 15) is 0 Å². The van der Waals surface area contributed by atoms with E-state index in [1.807, 2.05) is 0 Å². The first-order chi connectivity index (χ1) is 10.8. The third-order valence-corrected chi connectivity index (χ3v) is 4.48. The zero-order valence-electron chi connectivity index (χ0n) is 15.0. The van der Waals surface area contributed by atoms with Crippen LogP contribution < -0.4 is 24.8 Å². The SMILES string of the molecule is CCCCCCc1ccc(-c2cccc3[cH-]c(C)cc23)cc1.[Cl-].[Cl-].[Zr+3]. The second-order valence-corrected chi connectivity index (χ2v) is 6.35. The molecular weight excluding hydrogens is 426 g/mol. The van der Waals surface area contributed by atoms with Gasteiger partial charge in [-0.1, -0.05) is 69.0 Å². The first kappa shape index (κ1) is 24.5. The molecule has 0 saturated carbocycles. The van der Waals surface area contributed by atoms with Crippen molar-refractivity contribution >= 4 is 10.8 Å². The number of unbranched alkanes of at least 4 members (excludes halogenated alkanes) is 3. The molecule has 25 heavy (non-hydrogen) atoms. The van der Waals surface area contributed by atoms with Crippen LogP contribution in [-0.4, -0.2) is 0 Å². The van der Waals surface area contributed by atoms with Gasteiger partial charge in [-0.3, -0.25) is 0 Å². The molecule has 3 rings (SSSR count). The third kappa shape index (κ3) is 6.31. The molecule has 0 unspecified atom stereocenters. The summed E-state index contributed by atoms with van der Waals surface area (Å²) in [5.74, 6) is 0. The fourth-order valence-electron chi connectivity index (χ4n) is 3.24. The van der Waals surface area contributed by atoms with Crippen molar-refractivity contribution in [1.29, 1.82) is 0 Å². The zero-order valence-corrected chi connectivity index (χ0v) is 19.0. The number of hydrogen-bond donors (Lipinski definition) is 0. The number of rotatable bonds is 6. The molecule has 0 aromatic heterocycles. The topological polar surface area (TPSA) is 0 Å². The molecule has 0 nitrogen and oxygen atoms in total. The number of hydrogen-bond acceptors (Lipinski definition) is 0. The molecule has 0 spiro atoms.